The Bertz CT molecular complexity index is 1870. The summed E-state index contributed by atoms with van der Waals surface area (Å²) >= 11 is 0. The molecule has 1 heterocycles. The van der Waals surface area contributed by atoms with Crippen molar-refractivity contribution in [3.8, 4) is 16.9 Å². The molecule has 0 spiro atoms. The van der Waals surface area contributed by atoms with Gasteiger partial charge in [0, 0.05) is 30.9 Å². The number of hydrogen-bond acceptors (Lipinski definition) is 5. The molecule has 3 atom stereocenters. The predicted molar refractivity (Wildman–Crippen MR) is 192 cm³/mol. The summed E-state index contributed by atoms with van der Waals surface area (Å²) in [5.41, 5.74) is 4.94. The molecule has 0 aliphatic carbocycles. The van der Waals surface area contributed by atoms with Gasteiger partial charge in [0.1, 0.15) is 6.10 Å². The van der Waals surface area contributed by atoms with Gasteiger partial charge in [0.05, 0.1) is 29.6 Å². The molecule has 48 heavy (non-hydrogen) atoms. The van der Waals surface area contributed by atoms with Crippen LogP contribution in [0, 0.1) is 5.92 Å². The van der Waals surface area contributed by atoms with Gasteiger partial charge in [-0.25, -0.2) is 4.79 Å². The summed E-state index contributed by atoms with van der Waals surface area (Å²) in [5, 5.41) is 17.9. The fraction of sp³-hybridized carbons (Fsp3) is 0.250. The summed E-state index contributed by atoms with van der Waals surface area (Å²) in [7, 11) is 2.06. The molecule has 3 N–H and O–H groups in total. The second-order valence-electron chi connectivity index (χ2n) is 12.7. The summed E-state index contributed by atoms with van der Waals surface area (Å²) in [6.07, 6.45) is -0.317. The Labute approximate surface area is 282 Å². The number of nitrogens with zero attached hydrogens (tertiary/aromatic N) is 2. The third-order valence-corrected chi connectivity index (χ3v) is 8.98. The topological polar surface area (TPSA) is 94.1 Å². The largest absolute Gasteiger partial charge is 0.486 e. The summed E-state index contributed by atoms with van der Waals surface area (Å²) in [6.45, 7) is 5.44. The summed E-state index contributed by atoms with van der Waals surface area (Å²) in [4.78, 5) is 31.2. The number of urea groups is 1. The van der Waals surface area contributed by atoms with Crippen LogP contribution in [0.25, 0.3) is 21.9 Å². The molecule has 1 aliphatic heterocycles. The van der Waals surface area contributed by atoms with Crippen molar-refractivity contribution in [3.05, 3.63) is 126 Å². The number of carbonyl (C=O) groups excluding carboxylic acids is 2. The molecule has 0 saturated carbocycles. The average Bonchev–Trinajstić information content (AvgIpc) is 3.10. The van der Waals surface area contributed by atoms with Gasteiger partial charge in [-0.3, -0.25) is 9.69 Å². The molecule has 8 heteroatoms. The molecular weight excluding hydrogens is 600 g/mol. The Hall–Kier alpha value is -5.18. The predicted octanol–water partition coefficient (Wildman–Crippen LogP) is 7.50. The van der Waals surface area contributed by atoms with E-state index < -0.39 is 12.1 Å². The molecule has 0 aromatic heterocycles. The number of ether oxygens (including phenoxy) is 1. The van der Waals surface area contributed by atoms with Crippen molar-refractivity contribution in [1.82, 2.24) is 9.80 Å². The second-order valence-corrected chi connectivity index (χ2v) is 12.7. The summed E-state index contributed by atoms with van der Waals surface area (Å²) in [5.74, 6) is 0.00117. The van der Waals surface area contributed by atoms with E-state index >= 15 is 0 Å². The third kappa shape index (κ3) is 7.35. The Balaban J connectivity index is 1.24. The number of aliphatic hydroxyl groups is 1. The van der Waals surface area contributed by atoms with Crippen molar-refractivity contribution in [1.29, 1.82) is 0 Å². The van der Waals surface area contributed by atoms with Gasteiger partial charge in [-0.2, -0.15) is 0 Å². The highest BCUT2D eigenvalue weighted by Gasteiger charge is 2.34. The number of anilines is 2. The smallest absolute Gasteiger partial charge is 0.323 e. The molecule has 0 bridgehead atoms. The molecular formula is C40H42N4O4. The van der Waals surface area contributed by atoms with Crippen LogP contribution in [-0.2, 0) is 6.54 Å². The van der Waals surface area contributed by atoms with Crippen LogP contribution in [0.5, 0.6) is 5.75 Å². The molecule has 0 unspecified atom stereocenters. The van der Waals surface area contributed by atoms with E-state index in [1.165, 1.54) is 16.7 Å². The average molecular weight is 643 g/mol. The number of para-hydroxylation sites is 1. The van der Waals surface area contributed by atoms with Gasteiger partial charge in [-0.05, 0) is 54.2 Å². The normalized spacial score (nSPS) is 16.9. The number of rotatable bonds is 9. The lowest BCUT2D eigenvalue weighted by Gasteiger charge is -2.38. The van der Waals surface area contributed by atoms with Gasteiger partial charge in [0.25, 0.3) is 5.91 Å². The minimum absolute atomic E-state index is 0.0726. The zero-order chi connectivity index (χ0) is 33.6. The van der Waals surface area contributed by atoms with E-state index in [9.17, 15) is 14.7 Å². The van der Waals surface area contributed by atoms with Gasteiger partial charge in [0.15, 0.2) is 5.75 Å². The van der Waals surface area contributed by atoms with E-state index in [-0.39, 0.29) is 24.5 Å². The SMILES string of the molecule is C[C@@H]1CN([C@H](C)CO)C(=O)c2cccc(NC(=O)Nc3cccc4ccccc34)c2O[C@@H]1CN(C)Cc1ccc(-c2ccccc2)cc1. The number of amides is 3. The van der Waals surface area contributed by atoms with Crippen LogP contribution in [0.1, 0.15) is 29.8 Å². The first kappa shape index (κ1) is 32.7. The molecule has 0 fully saturated rings. The van der Waals surface area contributed by atoms with Crippen molar-refractivity contribution < 1.29 is 19.4 Å². The second kappa shape index (κ2) is 14.7. The van der Waals surface area contributed by atoms with E-state index in [1.54, 1.807) is 23.1 Å². The van der Waals surface area contributed by atoms with Crippen LogP contribution in [-0.4, -0.2) is 65.7 Å². The number of hydrogen-bond donors (Lipinski definition) is 3. The molecule has 5 aromatic carbocycles. The standard InChI is InChI=1S/C40H42N4O4/c1-27-23-44(28(2)26-45)39(46)34-16-10-18-36(42-40(47)41-35-17-9-14-32-13-7-8-15-33(32)35)38(34)48-37(27)25-43(3)24-29-19-21-31(22-20-29)30-11-5-4-6-12-30/h4-22,27-28,37,45H,23-26H2,1-3H3,(H2,41,42,47)/t27-,28-,37-/m1/s1. The highest BCUT2D eigenvalue weighted by molar-refractivity contribution is 6.08. The summed E-state index contributed by atoms with van der Waals surface area (Å²) < 4.78 is 6.72. The van der Waals surface area contributed by atoms with Gasteiger partial charge in [0.2, 0.25) is 0 Å². The Morgan fingerprint density at radius 2 is 1.52 bits per heavy atom. The maximum atomic E-state index is 13.9. The van der Waals surface area contributed by atoms with E-state index in [0.29, 0.717) is 42.3 Å². The zero-order valence-electron chi connectivity index (χ0n) is 27.6. The first-order valence-electron chi connectivity index (χ1n) is 16.4. The van der Waals surface area contributed by atoms with Crippen LogP contribution < -0.4 is 15.4 Å². The lowest BCUT2D eigenvalue weighted by atomic mass is 9.98. The van der Waals surface area contributed by atoms with E-state index in [0.717, 1.165) is 10.8 Å². The lowest BCUT2D eigenvalue weighted by molar-refractivity contribution is 0.0343. The van der Waals surface area contributed by atoms with Gasteiger partial charge in [-0.15, -0.1) is 0 Å². The maximum absolute atomic E-state index is 13.9. The molecule has 0 saturated heterocycles. The highest BCUT2D eigenvalue weighted by Crippen LogP contribution is 2.35. The summed E-state index contributed by atoms with van der Waals surface area (Å²) in [6, 6.07) is 36.9. The minimum atomic E-state index is -0.445. The molecule has 6 rings (SSSR count). The minimum Gasteiger partial charge on any atom is -0.486 e. The lowest BCUT2D eigenvalue weighted by Crippen LogP contribution is -2.49. The molecule has 8 nitrogen and oxygen atoms in total. The van der Waals surface area contributed by atoms with Gasteiger partial charge >= 0.3 is 6.03 Å². The van der Waals surface area contributed by atoms with Crippen molar-refractivity contribution >= 4 is 34.1 Å². The first-order valence-corrected chi connectivity index (χ1v) is 16.4. The molecule has 1 aliphatic rings. The first-order chi connectivity index (χ1) is 23.3. The Morgan fingerprint density at radius 3 is 2.29 bits per heavy atom. The van der Waals surface area contributed by atoms with E-state index in [4.69, 9.17) is 4.74 Å². The van der Waals surface area contributed by atoms with Crippen LogP contribution >= 0.6 is 0 Å². The van der Waals surface area contributed by atoms with Gasteiger partial charge < -0.3 is 25.4 Å². The molecule has 0 radical (unpaired) electrons. The Kier molecular flexibility index (Phi) is 10.0. The third-order valence-electron chi connectivity index (χ3n) is 8.98. The molecule has 5 aromatic rings. The van der Waals surface area contributed by atoms with Crippen molar-refractivity contribution in [2.75, 3.05) is 37.4 Å². The van der Waals surface area contributed by atoms with Crippen molar-refractivity contribution in [2.24, 2.45) is 5.92 Å². The Morgan fingerprint density at radius 1 is 0.875 bits per heavy atom. The monoisotopic (exact) mass is 642 g/mol. The highest BCUT2D eigenvalue weighted by atomic mass is 16.5. The zero-order valence-corrected chi connectivity index (χ0v) is 27.6. The van der Waals surface area contributed by atoms with Crippen LogP contribution in [0.3, 0.4) is 0 Å². The molecule has 246 valence electrons. The molecule has 3 amide bonds. The quantitative estimate of drug-likeness (QED) is 0.155. The number of benzene rings is 5. The fourth-order valence-corrected chi connectivity index (χ4v) is 6.29. The van der Waals surface area contributed by atoms with E-state index in [1.807, 2.05) is 67.6 Å². The van der Waals surface area contributed by atoms with E-state index in [2.05, 4.69) is 65.9 Å². The fourth-order valence-electron chi connectivity index (χ4n) is 6.29. The van der Waals surface area contributed by atoms with Crippen molar-refractivity contribution in [2.45, 2.75) is 32.5 Å². The van der Waals surface area contributed by atoms with Crippen molar-refractivity contribution in [3.63, 3.8) is 0 Å². The van der Waals surface area contributed by atoms with Crippen LogP contribution in [0.15, 0.2) is 115 Å². The van der Waals surface area contributed by atoms with Crippen LogP contribution in [0.2, 0.25) is 0 Å². The number of nitrogens with one attached hydrogen (secondary N) is 2. The number of aliphatic hydroxyl groups excluding tert-OH is 1. The maximum Gasteiger partial charge on any atom is 0.323 e. The number of likely N-dealkylation sites (N-methyl/N-ethyl adjacent to an activating group) is 1. The van der Waals surface area contributed by atoms with Gasteiger partial charge in [-0.1, -0.05) is 104 Å². The van der Waals surface area contributed by atoms with Crippen LogP contribution in [0.4, 0.5) is 16.2 Å². The number of fused-ring (bicyclic) bond motifs is 2. The number of carbonyl (C=O) groups is 2.